The molecule has 2 rings (SSSR count). The van der Waals surface area contributed by atoms with Crippen LogP contribution in [0.5, 0.6) is 0 Å². The molecule has 0 spiro atoms. The molecule has 12 heavy (non-hydrogen) atoms. The van der Waals surface area contributed by atoms with Crippen LogP contribution in [0.15, 0.2) is 5.10 Å². The summed E-state index contributed by atoms with van der Waals surface area (Å²) in [5, 5.41) is 4.01. The summed E-state index contributed by atoms with van der Waals surface area (Å²) in [6.07, 6.45) is 3.95. The third kappa shape index (κ3) is 0.732. The molecule has 0 radical (unpaired) electrons. The largest absolute Gasteiger partial charge is 0.323 e. The molecule has 0 aromatic carbocycles. The molecule has 0 aromatic rings. The molecule has 0 aliphatic heterocycles. The fourth-order valence-electron chi connectivity index (χ4n) is 3.37. The average molecular weight is 166 g/mol. The summed E-state index contributed by atoms with van der Waals surface area (Å²) in [4.78, 5) is 0. The maximum Gasteiger partial charge on any atom is 0.0493 e. The highest BCUT2D eigenvalue weighted by atomic mass is 15.1. The minimum absolute atomic E-state index is 0.266. The number of rotatable bonds is 0. The molecule has 2 aliphatic carbocycles. The van der Waals surface area contributed by atoms with Crippen molar-refractivity contribution in [2.75, 3.05) is 0 Å². The SMILES string of the molecule is CC1(C)/C(=N/N)[C@@]2(C)CC[C@@H]1C2. The predicted molar refractivity (Wildman–Crippen MR) is 50.9 cm³/mol. The van der Waals surface area contributed by atoms with Crippen molar-refractivity contribution in [3.05, 3.63) is 0 Å². The van der Waals surface area contributed by atoms with Gasteiger partial charge >= 0.3 is 0 Å². The third-order valence-corrected chi connectivity index (χ3v) is 4.07. The summed E-state index contributed by atoms with van der Waals surface area (Å²) in [5.41, 5.74) is 1.86. The van der Waals surface area contributed by atoms with E-state index >= 15 is 0 Å². The lowest BCUT2D eigenvalue weighted by atomic mass is 9.71. The fourth-order valence-corrected chi connectivity index (χ4v) is 3.37. The second-order valence-corrected chi connectivity index (χ2v) is 5.20. The summed E-state index contributed by atoms with van der Waals surface area (Å²) in [6.45, 7) is 6.88. The number of nitrogens with zero attached hydrogens (tertiary/aromatic N) is 1. The lowest BCUT2D eigenvalue weighted by Gasteiger charge is -2.34. The molecular formula is C10H18N2. The molecule has 0 unspecified atom stereocenters. The van der Waals surface area contributed by atoms with Crippen LogP contribution in [0.2, 0.25) is 0 Å². The Morgan fingerprint density at radius 3 is 2.42 bits per heavy atom. The van der Waals surface area contributed by atoms with E-state index in [1.165, 1.54) is 25.0 Å². The Morgan fingerprint density at radius 2 is 2.08 bits per heavy atom. The van der Waals surface area contributed by atoms with Crippen LogP contribution >= 0.6 is 0 Å². The Hall–Kier alpha value is -0.530. The monoisotopic (exact) mass is 166 g/mol. The van der Waals surface area contributed by atoms with E-state index in [0.29, 0.717) is 5.41 Å². The van der Waals surface area contributed by atoms with Crippen molar-refractivity contribution in [3.8, 4) is 0 Å². The second-order valence-electron chi connectivity index (χ2n) is 5.20. The quantitative estimate of drug-likeness (QED) is 0.434. The van der Waals surface area contributed by atoms with Crippen LogP contribution in [0.3, 0.4) is 0 Å². The van der Waals surface area contributed by atoms with Crippen LogP contribution in [0, 0.1) is 16.7 Å². The van der Waals surface area contributed by atoms with Crippen molar-refractivity contribution in [2.24, 2.45) is 27.7 Å². The van der Waals surface area contributed by atoms with E-state index < -0.39 is 0 Å². The maximum absolute atomic E-state index is 5.47. The highest BCUT2D eigenvalue weighted by Crippen LogP contribution is 2.60. The van der Waals surface area contributed by atoms with Crippen LogP contribution in [0.4, 0.5) is 0 Å². The molecule has 2 nitrogen and oxygen atoms in total. The number of hydrazone groups is 1. The van der Waals surface area contributed by atoms with Crippen LogP contribution in [-0.4, -0.2) is 5.71 Å². The lowest BCUT2D eigenvalue weighted by molar-refractivity contribution is 0.332. The molecule has 2 aliphatic rings. The highest BCUT2D eigenvalue weighted by molar-refractivity contribution is 5.97. The van der Waals surface area contributed by atoms with Gasteiger partial charge in [0.05, 0.1) is 0 Å². The smallest absolute Gasteiger partial charge is 0.0493 e. The zero-order chi connectivity index (χ0) is 8.98. The molecular weight excluding hydrogens is 148 g/mol. The van der Waals surface area contributed by atoms with E-state index in [2.05, 4.69) is 25.9 Å². The van der Waals surface area contributed by atoms with Crippen molar-refractivity contribution in [3.63, 3.8) is 0 Å². The van der Waals surface area contributed by atoms with Gasteiger partial charge in [0.25, 0.3) is 0 Å². The highest BCUT2D eigenvalue weighted by Gasteiger charge is 2.57. The van der Waals surface area contributed by atoms with E-state index in [1.807, 2.05) is 0 Å². The number of fused-ring (bicyclic) bond motifs is 2. The number of hydrogen-bond donors (Lipinski definition) is 1. The molecule has 0 heterocycles. The van der Waals surface area contributed by atoms with E-state index in [4.69, 9.17) is 5.84 Å². The first kappa shape index (κ1) is 8.09. The molecule has 68 valence electrons. The molecule has 0 aromatic heterocycles. The van der Waals surface area contributed by atoms with Crippen LogP contribution in [0.25, 0.3) is 0 Å². The van der Waals surface area contributed by atoms with Gasteiger partial charge in [0, 0.05) is 16.5 Å². The summed E-state index contributed by atoms with van der Waals surface area (Å²) in [5.74, 6) is 6.29. The zero-order valence-corrected chi connectivity index (χ0v) is 8.22. The van der Waals surface area contributed by atoms with Gasteiger partial charge in [0.15, 0.2) is 0 Å². The van der Waals surface area contributed by atoms with Crippen LogP contribution < -0.4 is 5.84 Å². The molecule has 0 amide bonds. The number of hydrogen-bond acceptors (Lipinski definition) is 2. The molecule has 2 saturated carbocycles. The van der Waals surface area contributed by atoms with Gasteiger partial charge in [-0.15, -0.1) is 0 Å². The van der Waals surface area contributed by atoms with Gasteiger partial charge in [-0.05, 0) is 25.2 Å². The minimum atomic E-state index is 0.266. The Bertz CT molecular complexity index is 235. The van der Waals surface area contributed by atoms with Gasteiger partial charge in [-0.1, -0.05) is 20.8 Å². The van der Waals surface area contributed by atoms with Crippen molar-refractivity contribution < 1.29 is 0 Å². The summed E-state index contributed by atoms with van der Waals surface area (Å²) in [7, 11) is 0. The van der Waals surface area contributed by atoms with Crippen molar-refractivity contribution in [1.29, 1.82) is 0 Å². The molecule has 2 bridgehead atoms. The lowest BCUT2D eigenvalue weighted by Crippen LogP contribution is -2.36. The average Bonchev–Trinajstić information content (AvgIpc) is 2.39. The molecule has 2 N–H and O–H groups in total. The van der Waals surface area contributed by atoms with E-state index in [9.17, 15) is 0 Å². The standard InChI is InChI=1S/C10H18N2/c1-9(2)7-4-5-10(3,6-7)8(9)12-11/h7H,4-6,11H2,1-3H3/b12-8-/t7-,10+/m1/s1. The molecule has 2 atom stereocenters. The maximum atomic E-state index is 5.47. The first-order valence-electron chi connectivity index (χ1n) is 4.79. The Morgan fingerprint density at radius 1 is 1.42 bits per heavy atom. The van der Waals surface area contributed by atoms with E-state index in [0.717, 1.165) is 5.92 Å². The molecule has 2 fully saturated rings. The van der Waals surface area contributed by atoms with E-state index in [1.54, 1.807) is 0 Å². The Labute approximate surface area is 74.2 Å². The van der Waals surface area contributed by atoms with Gasteiger partial charge in [-0.3, -0.25) is 0 Å². The molecule has 2 heteroatoms. The van der Waals surface area contributed by atoms with Crippen molar-refractivity contribution in [1.82, 2.24) is 0 Å². The van der Waals surface area contributed by atoms with Crippen LogP contribution in [0.1, 0.15) is 40.0 Å². The van der Waals surface area contributed by atoms with Gasteiger partial charge < -0.3 is 5.84 Å². The first-order valence-corrected chi connectivity index (χ1v) is 4.79. The van der Waals surface area contributed by atoms with Gasteiger partial charge in [-0.2, -0.15) is 5.10 Å². The van der Waals surface area contributed by atoms with Gasteiger partial charge in [0.1, 0.15) is 0 Å². The molecule has 0 saturated heterocycles. The van der Waals surface area contributed by atoms with E-state index in [-0.39, 0.29) is 5.41 Å². The summed E-state index contributed by atoms with van der Waals surface area (Å²) < 4.78 is 0. The van der Waals surface area contributed by atoms with Gasteiger partial charge in [-0.25, -0.2) is 0 Å². The Kier molecular flexibility index (Phi) is 1.37. The number of nitrogens with two attached hydrogens (primary N) is 1. The van der Waals surface area contributed by atoms with Crippen molar-refractivity contribution >= 4 is 5.71 Å². The first-order chi connectivity index (χ1) is 5.50. The normalized spacial score (nSPS) is 47.2. The topological polar surface area (TPSA) is 38.4 Å². The second kappa shape index (κ2) is 2.04. The minimum Gasteiger partial charge on any atom is -0.323 e. The van der Waals surface area contributed by atoms with Gasteiger partial charge in [0.2, 0.25) is 0 Å². The third-order valence-electron chi connectivity index (χ3n) is 4.07. The van der Waals surface area contributed by atoms with Crippen molar-refractivity contribution in [2.45, 2.75) is 40.0 Å². The summed E-state index contributed by atoms with van der Waals surface area (Å²) in [6, 6.07) is 0. The predicted octanol–water partition coefficient (Wildman–Crippen LogP) is 2.15. The zero-order valence-electron chi connectivity index (χ0n) is 8.22. The Balaban J connectivity index is 2.45. The summed E-state index contributed by atoms with van der Waals surface area (Å²) >= 11 is 0. The fraction of sp³-hybridized carbons (Fsp3) is 0.900. The van der Waals surface area contributed by atoms with Crippen LogP contribution in [-0.2, 0) is 0 Å².